The van der Waals surface area contributed by atoms with Crippen LogP contribution in [0.5, 0.6) is 0 Å². The van der Waals surface area contributed by atoms with E-state index in [0.717, 1.165) is 47.5 Å². The summed E-state index contributed by atoms with van der Waals surface area (Å²) in [6.45, 7) is 1.28. The van der Waals surface area contributed by atoms with Crippen molar-refractivity contribution in [1.82, 2.24) is 20.6 Å². The first kappa shape index (κ1) is 21.4. The van der Waals surface area contributed by atoms with Gasteiger partial charge < -0.3 is 10.6 Å². The van der Waals surface area contributed by atoms with E-state index >= 15 is 0 Å². The number of hydrogen-bond donors (Lipinski definition) is 2. The van der Waals surface area contributed by atoms with Crippen LogP contribution in [0.25, 0.3) is 21.8 Å². The number of unbranched alkanes of at least 4 members (excludes halogenated alkanes) is 3. The lowest BCUT2D eigenvalue weighted by Gasteiger charge is -2.07. The second kappa shape index (κ2) is 10.5. The van der Waals surface area contributed by atoms with Gasteiger partial charge in [-0.2, -0.15) is 0 Å². The Hall–Kier alpha value is -3.80. The van der Waals surface area contributed by atoms with Gasteiger partial charge in [0, 0.05) is 47.4 Å². The summed E-state index contributed by atoms with van der Waals surface area (Å²) >= 11 is 0. The first-order chi connectivity index (χ1) is 15.7. The zero-order chi connectivity index (χ0) is 22.2. The molecule has 2 amide bonds. The Kier molecular flexibility index (Phi) is 7.02. The molecule has 0 aliphatic carbocycles. The molecule has 6 heteroatoms. The van der Waals surface area contributed by atoms with E-state index in [1.54, 1.807) is 24.5 Å². The van der Waals surface area contributed by atoms with Crippen LogP contribution >= 0.6 is 0 Å². The molecule has 0 aliphatic heterocycles. The molecular weight excluding hydrogens is 400 g/mol. The van der Waals surface area contributed by atoms with Crippen LogP contribution in [0, 0.1) is 0 Å². The van der Waals surface area contributed by atoms with Crippen LogP contribution in [0.15, 0.2) is 73.1 Å². The van der Waals surface area contributed by atoms with Crippen molar-refractivity contribution >= 4 is 33.6 Å². The van der Waals surface area contributed by atoms with E-state index in [-0.39, 0.29) is 11.8 Å². The highest BCUT2D eigenvalue weighted by molar-refractivity contribution is 5.98. The Morgan fingerprint density at radius 3 is 1.56 bits per heavy atom. The molecule has 6 nitrogen and oxygen atoms in total. The van der Waals surface area contributed by atoms with Gasteiger partial charge in [-0.05, 0) is 61.4 Å². The predicted octanol–water partition coefficient (Wildman–Crippen LogP) is 4.50. The number of amides is 2. The first-order valence-electron chi connectivity index (χ1n) is 11.0. The van der Waals surface area contributed by atoms with Gasteiger partial charge in [-0.1, -0.05) is 25.0 Å². The summed E-state index contributed by atoms with van der Waals surface area (Å²) in [6, 6.07) is 18.7. The smallest absolute Gasteiger partial charge is 0.251 e. The van der Waals surface area contributed by atoms with Crippen molar-refractivity contribution in [3.63, 3.8) is 0 Å². The maximum Gasteiger partial charge on any atom is 0.251 e. The van der Waals surface area contributed by atoms with Crippen LogP contribution in [-0.2, 0) is 0 Å². The molecule has 0 fully saturated rings. The molecule has 2 aromatic heterocycles. The fourth-order valence-electron chi connectivity index (χ4n) is 3.65. The molecular formula is C26H26N4O2. The topological polar surface area (TPSA) is 84.0 Å². The number of fused-ring (bicyclic) bond motifs is 2. The van der Waals surface area contributed by atoms with Gasteiger partial charge in [0.2, 0.25) is 0 Å². The molecule has 0 saturated heterocycles. The van der Waals surface area contributed by atoms with E-state index in [4.69, 9.17) is 0 Å². The molecule has 32 heavy (non-hydrogen) atoms. The molecule has 4 rings (SSSR count). The minimum absolute atomic E-state index is 0.0615. The van der Waals surface area contributed by atoms with Crippen molar-refractivity contribution in [3.8, 4) is 0 Å². The second-order valence-electron chi connectivity index (χ2n) is 7.75. The molecule has 0 bridgehead atoms. The number of nitrogens with one attached hydrogen (secondary N) is 2. The average molecular weight is 427 g/mol. The maximum absolute atomic E-state index is 12.3. The molecule has 2 aromatic carbocycles. The highest BCUT2D eigenvalue weighted by Gasteiger charge is 2.07. The van der Waals surface area contributed by atoms with Crippen LogP contribution in [-0.4, -0.2) is 34.9 Å². The van der Waals surface area contributed by atoms with Gasteiger partial charge >= 0.3 is 0 Å². The first-order valence-corrected chi connectivity index (χ1v) is 11.0. The molecule has 0 unspecified atom stereocenters. The summed E-state index contributed by atoms with van der Waals surface area (Å²) in [5.74, 6) is -0.123. The van der Waals surface area contributed by atoms with E-state index in [2.05, 4.69) is 20.6 Å². The molecule has 0 saturated carbocycles. The summed E-state index contributed by atoms with van der Waals surface area (Å²) in [5, 5.41) is 7.87. The molecule has 2 heterocycles. The third-order valence-corrected chi connectivity index (χ3v) is 5.41. The van der Waals surface area contributed by atoms with Crippen LogP contribution < -0.4 is 10.6 Å². The summed E-state index contributed by atoms with van der Waals surface area (Å²) < 4.78 is 0. The third-order valence-electron chi connectivity index (χ3n) is 5.41. The van der Waals surface area contributed by atoms with Gasteiger partial charge in [0.25, 0.3) is 11.8 Å². The largest absolute Gasteiger partial charge is 0.352 e. The zero-order valence-electron chi connectivity index (χ0n) is 17.9. The Labute approximate surface area is 187 Å². The lowest BCUT2D eigenvalue weighted by molar-refractivity contribution is 0.0943. The van der Waals surface area contributed by atoms with Crippen molar-refractivity contribution in [3.05, 3.63) is 84.2 Å². The molecule has 0 radical (unpaired) electrons. The van der Waals surface area contributed by atoms with Crippen LogP contribution in [0.2, 0.25) is 0 Å². The van der Waals surface area contributed by atoms with Crippen molar-refractivity contribution in [2.24, 2.45) is 0 Å². The van der Waals surface area contributed by atoms with Gasteiger partial charge in [0.15, 0.2) is 0 Å². The second-order valence-corrected chi connectivity index (χ2v) is 7.75. The normalized spacial score (nSPS) is 10.9. The Balaban J connectivity index is 1.11. The summed E-state index contributed by atoms with van der Waals surface area (Å²) in [5.41, 5.74) is 3.07. The van der Waals surface area contributed by atoms with E-state index in [1.165, 1.54) is 0 Å². The highest BCUT2D eigenvalue weighted by Crippen LogP contribution is 2.14. The lowest BCUT2D eigenvalue weighted by atomic mass is 10.1. The molecule has 0 atom stereocenters. The molecule has 0 spiro atoms. The summed E-state index contributed by atoms with van der Waals surface area (Å²) in [4.78, 5) is 33.2. The van der Waals surface area contributed by atoms with Crippen LogP contribution in [0.1, 0.15) is 46.4 Å². The van der Waals surface area contributed by atoms with Gasteiger partial charge in [-0.15, -0.1) is 0 Å². The SMILES string of the molecule is O=C(NCCCCCCNC(=O)c1ccc2ncccc2c1)c1ccc2ncccc2c1. The summed E-state index contributed by atoms with van der Waals surface area (Å²) in [7, 11) is 0. The Morgan fingerprint density at radius 2 is 1.09 bits per heavy atom. The molecule has 4 aromatic rings. The number of carbonyl (C=O) groups is 2. The monoisotopic (exact) mass is 426 g/mol. The zero-order valence-corrected chi connectivity index (χ0v) is 17.9. The summed E-state index contributed by atoms with van der Waals surface area (Å²) in [6.07, 6.45) is 7.31. The number of carbonyl (C=O) groups excluding carboxylic acids is 2. The molecule has 162 valence electrons. The van der Waals surface area contributed by atoms with Gasteiger partial charge in [-0.25, -0.2) is 0 Å². The van der Waals surface area contributed by atoms with E-state index in [9.17, 15) is 9.59 Å². The lowest BCUT2D eigenvalue weighted by Crippen LogP contribution is -2.25. The number of hydrogen-bond acceptors (Lipinski definition) is 4. The van der Waals surface area contributed by atoms with E-state index in [1.807, 2.05) is 48.5 Å². The van der Waals surface area contributed by atoms with Gasteiger partial charge in [0.05, 0.1) is 11.0 Å². The number of nitrogens with zero attached hydrogens (tertiary/aromatic N) is 2. The Bertz CT molecular complexity index is 1140. The number of aromatic nitrogens is 2. The average Bonchev–Trinajstić information content (AvgIpc) is 2.84. The van der Waals surface area contributed by atoms with Crippen molar-refractivity contribution in [1.29, 1.82) is 0 Å². The fraction of sp³-hybridized carbons (Fsp3) is 0.231. The molecule has 0 aliphatic rings. The maximum atomic E-state index is 12.3. The van der Waals surface area contributed by atoms with Crippen molar-refractivity contribution in [2.75, 3.05) is 13.1 Å². The van der Waals surface area contributed by atoms with Gasteiger partial charge in [-0.3, -0.25) is 19.6 Å². The van der Waals surface area contributed by atoms with Gasteiger partial charge in [0.1, 0.15) is 0 Å². The van der Waals surface area contributed by atoms with Crippen molar-refractivity contribution in [2.45, 2.75) is 25.7 Å². The highest BCUT2D eigenvalue weighted by atomic mass is 16.2. The fourth-order valence-corrected chi connectivity index (χ4v) is 3.65. The number of rotatable bonds is 9. The van der Waals surface area contributed by atoms with E-state index < -0.39 is 0 Å². The van der Waals surface area contributed by atoms with Crippen molar-refractivity contribution < 1.29 is 9.59 Å². The predicted molar refractivity (Wildman–Crippen MR) is 127 cm³/mol. The minimum atomic E-state index is -0.0615. The molecule has 2 N–H and O–H groups in total. The standard InChI is InChI=1S/C26H26N4O2/c31-25(21-9-11-23-19(17-21)7-5-15-27-23)29-13-3-1-2-4-14-30-26(32)22-10-12-24-20(18-22)8-6-16-28-24/h5-12,15-18H,1-4,13-14H2,(H,29,31)(H,30,32). The van der Waals surface area contributed by atoms with E-state index in [0.29, 0.717) is 24.2 Å². The van der Waals surface area contributed by atoms with Crippen LogP contribution in [0.3, 0.4) is 0 Å². The quantitative estimate of drug-likeness (QED) is 0.386. The Morgan fingerprint density at radius 1 is 0.625 bits per heavy atom. The number of pyridine rings is 2. The minimum Gasteiger partial charge on any atom is -0.352 e. The van der Waals surface area contributed by atoms with Crippen LogP contribution in [0.4, 0.5) is 0 Å². The number of benzene rings is 2. The third kappa shape index (κ3) is 5.46.